The van der Waals surface area contributed by atoms with E-state index in [2.05, 4.69) is 33.7 Å². The van der Waals surface area contributed by atoms with E-state index in [9.17, 15) is 14.4 Å². The smallest absolute Gasteiger partial charge is 0.305 e. The first-order valence-electron chi connectivity index (χ1n) is 10.1. The summed E-state index contributed by atoms with van der Waals surface area (Å²) in [6.45, 7) is 3.50. The standard InChI is InChI=1S/C23H31BrO5/c1-4-5-6-7-10-13-16-23(29-18(2)25)17-20(24)22(27)19(23)14-11-8-9-12-15-21(26)28-3/h8,10-11,13-14,17H,4-7,9,12,15-16H2,1-3H3/b11-8+,13-10-,19-14+. The van der Waals surface area contributed by atoms with Gasteiger partial charge in [-0.2, -0.15) is 0 Å². The lowest BCUT2D eigenvalue weighted by Crippen LogP contribution is -2.33. The number of carbonyl (C=O) groups excluding carboxylic acids is 3. The molecule has 1 rings (SSSR count). The maximum absolute atomic E-state index is 12.6. The molecule has 0 aromatic rings. The Bertz CT molecular complexity index is 702. The Labute approximate surface area is 182 Å². The lowest BCUT2D eigenvalue weighted by Gasteiger charge is -2.27. The molecule has 29 heavy (non-hydrogen) atoms. The fourth-order valence-electron chi connectivity index (χ4n) is 3.05. The van der Waals surface area contributed by atoms with Gasteiger partial charge in [-0.3, -0.25) is 14.4 Å². The zero-order valence-corrected chi connectivity index (χ0v) is 19.1. The van der Waals surface area contributed by atoms with Gasteiger partial charge in [-0.1, -0.05) is 50.1 Å². The molecule has 0 N–H and O–H groups in total. The van der Waals surface area contributed by atoms with Gasteiger partial charge in [-0.15, -0.1) is 0 Å². The summed E-state index contributed by atoms with van der Waals surface area (Å²) in [7, 11) is 1.37. The van der Waals surface area contributed by atoms with Gasteiger partial charge in [0.15, 0.2) is 11.4 Å². The number of ketones is 1. The molecule has 0 spiro atoms. The molecule has 0 aliphatic heterocycles. The topological polar surface area (TPSA) is 69.7 Å². The van der Waals surface area contributed by atoms with Crippen LogP contribution in [-0.4, -0.2) is 30.4 Å². The number of halogens is 1. The SMILES string of the molecule is CCCCC/C=C\CC1(OC(C)=O)C=C(Br)C(=O)/C1=C\C=C\CCCC(=O)OC. The Balaban J connectivity index is 2.90. The Morgan fingerprint density at radius 1 is 1.14 bits per heavy atom. The van der Waals surface area contributed by atoms with Crippen molar-refractivity contribution in [2.24, 2.45) is 0 Å². The number of rotatable bonds is 12. The first-order valence-corrected chi connectivity index (χ1v) is 10.9. The number of carbonyl (C=O) groups is 3. The van der Waals surface area contributed by atoms with Gasteiger partial charge in [-0.25, -0.2) is 0 Å². The van der Waals surface area contributed by atoms with E-state index < -0.39 is 11.6 Å². The highest BCUT2D eigenvalue weighted by molar-refractivity contribution is 9.12. The van der Waals surface area contributed by atoms with Crippen molar-refractivity contribution in [3.8, 4) is 0 Å². The van der Waals surface area contributed by atoms with Gasteiger partial charge in [0.25, 0.3) is 0 Å². The van der Waals surface area contributed by atoms with Crippen molar-refractivity contribution in [3.63, 3.8) is 0 Å². The number of unbranched alkanes of at least 4 members (excludes halogenated alkanes) is 4. The molecule has 1 aliphatic carbocycles. The van der Waals surface area contributed by atoms with E-state index in [1.807, 2.05) is 12.2 Å². The average molecular weight is 467 g/mol. The maximum Gasteiger partial charge on any atom is 0.305 e. The van der Waals surface area contributed by atoms with E-state index in [1.54, 1.807) is 18.2 Å². The summed E-state index contributed by atoms with van der Waals surface area (Å²) in [6.07, 6.45) is 17.6. The first-order chi connectivity index (χ1) is 13.9. The average Bonchev–Trinajstić information content (AvgIpc) is 2.90. The second-order valence-electron chi connectivity index (χ2n) is 6.95. The van der Waals surface area contributed by atoms with Crippen molar-refractivity contribution in [2.75, 3.05) is 7.11 Å². The zero-order chi connectivity index (χ0) is 21.7. The van der Waals surface area contributed by atoms with Gasteiger partial charge >= 0.3 is 11.9 Å². The third-order valence-electron chi connectivity index (χ3n) is 4.54. The van der Waals surface area contributed by atoms with E-state index in [0.717, 1.165) is 19.3 Å². The number of hydrogen-bond donors (Lipinski definition) is 0. The minimum absolute atomic E-state index is 0.190. The normalized spacial score (nSPS) is 20.6. The van der Waals surface area contributed by atoms with Gasteiger partial charge in [0.1, 0.15) is 0 Å². The molecule has 1 unspecified atom stereocenters. The van der Waals surface area contributed by atoms with E-state index in [1.165, 1.54) is 20.5 Å². The van der Waals surface area contributed by atoms with E-state index in [0.29, 0.717) is 35.7 Å². The fraction of sp³-hybridized carbons (Fsp3) is 0.522. The van der Waals surface area contributed by atoms with Crippen LogP contribution in [0.4, 0.5) is 0 Å². The summed E-state index contributed by atoms with van der Waals surface area (Å²) < 4.78 is 10.6. The van der Waals surface area contributed by atoms with Crippen molar-refractivity contribution >= 4 is 33.7 Å². The van der Waals surface area contributed by atoms with Crippen LogP contribution < -0.4 is 0 Å². The summed E-state index contributed by atoms with van der Waals surface area (Å²) in [5.74, 6) is -0.871. The van der Waals surface area contributed by atoms with Gasteiger partial charge in [0.05, 0.1) is 11.6 Å². The van der Waals surface area contributed by atoms with Crippen LogP contribution in [-0.2, 0) is 23.9 Å². The number of esters is 2. The minimum atomic E-state index is -1.10. The van der Waals surface area contributed by atoms with Crippen LogP contribution in [0.3, 0.4) is 0 Å². The molecule has 0 aromatic carbocycles. The van der Waals surface area contributed by atoms with Gasteiger partial charge in [0.2, 0.25) is 0 Å². The van der Waals surface area contributed by atoms with Crippen molar-refractivity contribution in [2.45, 2.75) is 70.8 Å². The van der Waals surface area contributed by atoms with Crippen LogP contribution in [0.5, 0.6) is 0 Å². The fourth-order valence-corrected chi connectivity index (χ4v) is 3.64. The Morgan fingerprint density at radius 2 is 1.86 bits per heavy atom. The molecule has 6 heteroatoms. The second kappa shape index (κ2) is 13.3. The highest BCUT2D eigenvalue weighted by Gasteiger charge is 2.44. The molecule has 0 saturated carbocycles. The summed E-state index contributed by atoms with van der Waals surface area (Å²) in [5, 5.41) is 0. The van der Waals surface area contributed by atoms with Crippen molar-refractivity contribution in [3.05, 3.63) is 46.5 Å². The molecule has 0 saturated heterocycles. The number of allylic oxidation sites excluding steroid dienone is 5. The molecule has 5 nitrogen and oxygen atoms in total. The van der Waals surface area contributed by atoms with Gasteiger partial charge in [-0.05, 0) is 47.7 Å². The molecule has 1 aliphatic rings. The predicted octanol–water partition coefficient (Wildman–Crippen LogP) is 5.50. The van der Waals surface area contributed by atoms with Crippen LogP contribution in [0, 0.1) is 0 Å². The quantitative estimate of drug-likeness (QED) is 0.164. The summed E-state index contributed by atoms with van der Waals surface area (Å²) in [5.41, 5.74) is -0.679. The van der Waals surface area contributed by atoms with E-state index in [-0.39, 0.29) is 11.8 Å². The maximum atomic E-state index is 12.6. The van der Waals surface area contributed by atoms with Crippen LogP contribution >= 0.6 is 15.9 Å². The van der Waals surface area contributed by atoms with Gasteiger partial charge in [0, 0.05) is 25.3 Å². The molecular formula is C23H31BrO5. The third-order valence-corrected chi connectivity index (χ3v) is 5.13. The van der Waals surface area contributed by atoms with Crippen molar-refractivity contribution in [1.82, 2.24) is 0 Å². The highest BCUT2D eigenvalue weighted by atomic mass is 79.9. The predicted molar refractivity (Wildman–Crippen MR) is 118 cm³/mol. The summed E-state index contributed by atoms with van der Waals surface area (Å²) >= 11 is 3.29. The lowest BCUT2D eigenvalue weighted by atomic mass is 9.91. The Morgan fingerprint density at radius 3 is 2.52 bits per heavy atom. The molecule has 0 amide bonds. The molecule has 0 heterocycles. The number of Topliss-reactive ketones (excluding diaryl/α,β-unsaturated/α-hetero) is 1. The third kappa shape index (κ3) is 8.52. The van der Waals surface area contributed by atoms with Crippen LogP contribution in [0.25, 0.3) is 0 Å². The lowest BCUT2D eigenvalue weighted by molar-refractivity contribution is -0.149. The van der Waals surface area contributed by atoms with Crippen molar-refractivity contribution < 1.29 is 23.9 Å². The summed E-state index contributed by atoms with van der Waals surface area (Å²) in [6, 6.07) is 0. The molecule has 160 valence electrons. The monoisotopic (exact) mass is 466 g/mol. The van der Waals surface area contributed by atoms with Crippen LogP contribution in [0.15, 0.2) is 46.5 Å². The molecule has 1 atom stereocenters. The largest absolute Gasteiger partial charge is 0.469 e. The Kier molecular flexibility index (Phi) is 11.5. The second-order valence-corrected chi connectivity index (χ2v) is 7.81. The molecule has 0 aromatic heterocycles. The first kappa shape index (κ1) is 25.1. The number of ether oxygens (including phenoxy) is 2. The highest BCUT2D eigenvalue weighted by Crippen LogP contribution is 2.40. The molecule has 0 radical (unpaired) electrons. The van der Waals surface area contributed by atoms with Crippen LogP contribution in [0.2, 0.25) is 0 Å². The van der Waals surface area contributed by atoms with Gasteiger partial charge < -0.3 is 9.47 Å². The zero-order valence-electron chi connectivity index (χ0n) is 17.5. The Hall–Kier alpha value is -1.95. The minimum Gasteiger partial charge on any atom is -0.469 e. The van der Waals surface area contributed by atoms with Crippen molar-refractivity contribution in [1.29, 1.82) is 0 Å². The number of hydrogen-bond acceptors (Lipinski definition) is 5. The molecule has 0 bridgehead atoms. The van der Waals surface area contributed by atoms with E-state index in [4.69, 9.17) is 4.74 Å². The van der Waals surface area contributed by atoms with Crippen LogP contribution in [0.1, 0.15) is 65.2 Å². The van der Waals surface area contributed by atoms with E-state index >= 15 is 0 Å². The summed E-state index contributed by atoms with van der Waals surface area (Å²) in [4.78, 5) is 35.5. The number of methoxy groups -OCH3 is 1. The molecular weight excluding hydrogens is 436 g/mol. The molecule has 0 fully saturated rings.